The molecule has 2 bridgehead atoms. The Hall–Kier alpha value is -0.0800. The third-order valence-corrected chi connectivity index (χ3v) is 5.98. The summed E-state index contributed by atoms with van der Waals surface area (Å²) < 4.78 is 6.17. The summed E-state index contributed by atoms with van der Waals surface area (Å²) in [6.07, 6.45) is 9.63. The predicted molar refractivity (Wildman–Crippen MR) is 86.0 cm³/mol. The van der Waals surface area contributed by atoms with E-state index in [2.05, 4.69) is 33.0 Å². The van der Waals surface area contributed by atoms with Gasteiger partial charge in [-0.3, -0.25) is 0 Å². The lowest BCUT2D eigenvalue weighted by Crippen LogP contribution is -2.51. The first-order valence-corrected chi connectivity index (χ1v) is 9.00. The van der Waals surface area contributed by atoms with Crippen molar-refractivity contribution in [3.05, 3.63) is 0 Å². The Bertz CT molecular complexity index is 293. The molecule has 0 aromatic heterocycles. The Morgan fingerprint density at radius 3 is 2.50 bits per heavy atom. The molecule has 20 heavy (non-hydrogen) atoms. The van der Waals surface area contributed by atoms with Gasteiger partial charge in [-0.05, 0) is 76.7 Å². The third kappa shape index (κ3) is 3.57. The van der Waals surface area contributed by atoms with Crippen molar-refractivity contribution in [2.75, 3.05) is 13.2 Å². The zero-order valence-electron chi connectivity index (χ0n) is 14.1. The molecule has 2 aliphatic rings. The van der Waals surface area contributed by atoms with Crippen molar-refractivity contribution in [3.63, 3.8) is 0 Å². The Labute approximate surface area is 126 Å². The van der Waals surface area contributed by atoms with Gasteiger partial charge in [0.2, 0.25) is 0 Å². The zero-order chi connectivity index (χ0) is 14.6. The van der Waals surface area contributed by atoms with Gasteiger partial charge >= 0.3 is 0 Å². The number of hydrogen-bond donors (Lipinski definition) is 1. The topological polar surface area (TPSA) is 21.3 Å². The molecule has 118 valence electrons. The minimum atomic E-state index is 0.00571. The molecule has 0 saturated heterocycles. The number of rotatable bonds is 9. The van der Waals surface area contributed by atoms with Crippen LogP contribution in [0, 0.1) is 17.8 Å². The minimum absolute atomic E-state index is 0.00571. The van der Waals surface area contributed by atoms with E-state index in [1.807, 2.05) is 0 Å². The summed E-state index contributed by atoms with van der Waals surface area (Å²) in [4.78, 5) is 0. The van der Waals surface area contributed by atoms with Crippen molar-refractivity contribution in [1.82, 2.24) is 5.32 Å². The van der Waals surface area contributed by atoms with E-state index in [-0.39, 0.29) is 5.60 Å². The quantitative estimate of drug-likeness (QED) is 0.677. The van der Waals surface area contributed by atoms with E-state index in [0.29, 0.717) is 6.04 Å². The lowest BCUT2D eigenvalue weighted by molar-refractivity contribution is -0.0617. The molecular weight excluding hydrogens is 246 g/mol. The van der Waals surface area contributed by atoms with E-state index in [1.165, 1.54) is 38.5 Å². The highest BCUT2D eigenvalue weighted by atomic mass is 16.5. The van der Waals surface area contributed by atoms with Crippen LogP contribution in [0.15, 0.2) is 0 Å². The van der Waals surface area contributed by atoms with E-state index in [1.54, 1.807) is 0 Å². The highest BCUT2D eigenvalue weighted by Gasteiger charge is 2.43. The number of ether oxygens (including phenoxy) is 1. The number of hydrogen-bond acceptors (Lipinski definition) is 2. The summed E-state index contributed by atoms with van der Waals surface area (Å²) in [7, 11) is 0. The molecule has 0 radical (unpaired) electrons. The summed E-state index contributed by atoms with van der Waals surface area (Å²) in [6.45, 7) is 10.9. The van der Waals surface area contributed by atoms with Crippen molar-refractivity contribution >= 4 is 0 Å². The summed E-state index contributed by atoms with van der Waals surface area (Å²) >= 11 is 0. The molecule has 0 spiro atoms. The SMILES string of the molecule is CCCNC(CC1CC2CCC1C2)C(C)(CC)OCC. The molecule has 2 heteroatoms. The Kier molecular flexibility index (Phi) is 5.92. The monoisotopic (exact) mass is 281 g/mol. The highest BCUT2D eigenvalue weighted by Crippen LogP contribution is 2.50. The first-order chi connectivity index (χ1) is 9.62. The van der Waals surface area contributed by atoms with Gasteiger partial charge in [0.1, 0.15) is 0 Å². The summed E-state index contributed by atoms with van der Waals surface area (Å²) in [5.41, 5.74) is 0.00571. The molecule has 2 nitrogen and oxygen atoms in total. The maximum atomic E-state index is 6.17. The molecule has 2 rings (SSSR count). The second-order valence-electron chi connectivity index (χ2n) is 7.28. The van der Waals surface area contributed by atoms with E-state index in [9.17, 15) is 0 Å². The van der Waals surface area contributed by atoms with Crippen molar-refractivity contribution in [1.29, 1.82) is 0 Å². The Balaban J connectivity index is 1.98. The molecule has 0 aromatic carbocycles. The fourth-order valence-corrected chi connectivity index (χ4v) is 4.61. The van der Waals surface area contributed by atoms with Crippen LogP contribution in [0.4, 0.5) is 0 Å². The maximum absolute atomic E-state index is 6.17. The van der Waals surface area contributed by atoms with Gasteiger partial charge in [0.05, 0.1) is 5.60 Å². The van der Waals surface area contributed by atoms with Crippen molar-refractivity contribution in [2.45, 2.75) is 84.3 Å². The van der Waals surface area contributed by atoms with Gasteiger partial charge in [0.15, 0.2) is 0 Å². The second kappa shape index (κ2) is 7.26. The standard InChI is InChI=1S/C18H35NO/c1-5-10-19-17(18(4,6-2)20-7-3)13-16-12-14-8-9-15(16)11-14/h14-17,19H,5-13H2,1-4H3. The predicted octanol–water partition coefficient (Wildman–Crippen LogP) is 4.39. The normalized spacial score (nSPS) is 33.3. The van der Waals surface area contributed by atoms with E-state index in [4.69, 9.17) is 4.74 Å². The van der Waals surface area contributed by atoms with Crippen molar-refractivity contribution < 1.29 is 4.74 Å². The van der Waals surface area contributed by atoms with Gasteiger partial charge in [-0.1, -0.05) is 20.3 Å². The zero-order valence-corrected chi connectivity index (χ0v) is 14.1. The fourth-order valence-electron chi connectivity index (χ4n) is 4.61. The average molecular weight is 281 g/mol. The largest absolute Gasteiger partial charge is 0.374 e. The van der Waals surface area contributed by atoms with Crippen LogP contribution in [-0.2, 0) is 4.74 Å². The molecule has 0 aliphatic heterocycles. The van der Waals surface area contributed by atoms with Crippen LogP contribution in [0.3, 0.4) is 0 Å². The van der Waals surface area contributed by atoms with Crippen LogP contribution in [0.2, 0.25) is 0 Å². The molecule has 2 saturated carbocycles. The lowest BCUT2D eigenvalue weighted by atomic mass is 9.79. The molecule has 1 N–H and O–H groups in total. The summed E-state index contributed by atoms with van der Waals surface area (Å²) in [5.74, 6) is 3.03. The smallest absolute Gasteiger partial charge is 0.0804 e. The van der Waals surface area contributed by atoms with Crippen LogP contribution >= 0.6 is 0 Å². The van der Waals surface area contributed by atoms with Crippen LogP contribution in [0.5, 0.6) is 0 Å². The molecule has 0 amide bonds. The number of nitrogens with one attached hydrogen (secondary N) is 1. The van der Waals surface area contributed by atoms with Gasteiger partial charge in [0.25, 0.3) is 0 Å². The first kappa shape index (κ1) is 16.3. The van der Waals surface area contributed by atoms with Crippen LogP contribution in [-0.4, -0.2) is 24.8 Å². The van der Waals surface area contributed by atoms with Gasteiger partial charge < -0.3 is 10.1 Å². The summed E-state index contributed by atoms with van der Waals surface area (Å²) in [5, 5.41) is 3.81. The van der Waals surface area contributed by atoms with Crippen LogP contribution < -0.4 is 5.32 Å². The van der Waals surface area contributed by atoms with Gasteiger partial charge in [-0.25, -0.2) is 0 Å². The van der Waals surface area contributed by atoms with Crippen molar-refractivity contribution in [3.8, 4) is 0 Å². The lowest BCUT2D eigenvalue weighted by Gasteiger charge is -2.40. The van der Waals surface area contributed by atoms with E-state index < -0.39 is 0 Å². The van der Waals surface area contributed by atoms with E-state index >= 15 is 0 Å². The molecule has 0 aromatic rings. The first-order valence-electron chi connectivity index (χ1n) is 9.00. The maximum Gasteiger partial charge on any atom is 0.0804 e. The van der Waals surface area contributed by atoms with Gasteiger partial charge in [-0.2, -0.15) is 0 Å². The number of fused-ring (bicyclic) bond motifs is 2. The highest BCUT2D eigenvalue weighted by molar-refractivity contribution is 4.96. The molecule has 0 heterocycles. The Morgan fingerprint density at radius 1 is 1.20 bits per heavy atom. The second-order valence-corrected chi connectivity index (χ2v) is 7.28. The third-order valence-electron chi connectivity index (χ3n) is 5.98. The van der Waals surface area contributed by atoms with Gasteiger partial charge in [-0.15, -0.1) is 0 Å². The minimum Gasteiger partial charge on any atom is -0.374 e. The summed E-state index contributed by atoms with van der Waals surface area (Å²) in [6, 6.07) is 0.525. The van der Waals surface area contributed by atoms with E-state index in [0.717, 1.165) is 37.3 Å². The van der Waals surface area contributed by atoms with Crippen molar-refractivity contribution in [2.24, 2.45) is 17.8 Å². The molecular formula is C18H35NO. The van der Waals surface area contributed by atoms with Crippen LogP contribution in [0.25, 0.3) is 0 Å². The molecule has 2 aliphatic carbocycles. The van der Waals surface area contributed by atoms with Gasteiger partial charge in [0, 0.05) is 12.6 Å². The Morgan fingerprint density at radius 2 is 2.00 bits per heavy atom. The van der Waals surface area contributed by atoms with Crippen LogP contribution in [0.1, 0.15) is 72.6 Å². The fraction of sp³-hybridized carbons (Fsp3) is 1.00. The molecule has 2 fully saturated rings. The average Bonchev–Trinajstić information content (AvgIpc) is 3.05. The molecule has 5 unspecified atom stereocenters. The molecule has 5 atom stereocenters.